The van der Waals surface area contributed by atoms with Crippen LogP contribution in [0.2, 0.25) is 0 Å². The van der Waals surface area contributed by atoms with Crippen LogP contribution in [0.15, 0.2) is 5.38 Å². The van der Waals surface area contributed by atoms with E-state index < -0.39 is 9.84 Å². The molecule has 0 saturated heterocycles. The summed E-state index contributed by atoms with van der Waals surface area (Å²) in [7, 11) is -3.00. The van der Waals surface area contributed by atoms with E-state index in [1.807, 2.05) is 5.38 Å². The van der Waals surface area contributed by atoms with Crippen LogP contribution >= 0.6 is 11.3 Å². The van der Waals surface area contributed by atoms with Gasteiger partial charge >= 0.3 is 0 Å². The summed E-state index contributed by atoms with van der Waals surface area (Å²) in [6, 6.07) is 0. The molecule has 1 saturated carbocycles. The average Bonchev–Trinajstić information content (AvgIpc) is 2.72. The fourth-order valence-corrected chi connectivity index (χ4v) is 4.21. The first-order chi connectivity index (χ1) is 7.39. The Bertz CT molecular complexity index is 473. The molecular formula is C10H16N2O2S2. The Labute approximate surface area is 99.8 Å². The molecular weight excluding hydrogens is 244 g/mol. The van der Waals surface area contributed by atoms with Crippen LogP contribution in [-0.4, -0.2) is 19.7 Å². The van der Waals surface area contributed by atoms with Crippen molar-refractivity contribution in [2.75, 3.05) is 6.26 Å². The van der Waals surface area contributed by atoms with Gasteiger partial charge in [-0.25, -0.2) is 13.4 Å². The third-order valence-electron chi connectivity index (χ3n) is 2.94. The van der Waals surface area contributed by atoms with Crippen LogP contribution in [-0.2, 0) is 21.1 Å². The molecule has 1 aromatic heterocycles. The highest BCUT2D eigenvalue weighted by molar-refractivity contribution is 7.90. The topological polar surface area (TPSA) is 73.0 Å². The third kappa shape index (κ3) is 2.61. The van der Waals surface area contributed by atoms with Gasteiger partial charge in [-0.1, -0.05) is 12.8 Å². The highest BCUT2D eigenvalue weighted by Crippen LogP contribution is 2.36. The van der Waals surface area contributed by atoms with E-state index in [1.165, 1.54) is 17.6 Å². The molecule has 0 spiro atoms. The molecule has 1 fully saturated rings. The number of hydrogen-bond donors (Lipinski definition) is 1. The molecule has 16 heavy (non-hydrogen) atoms. The third-order valence-corrected chi connectivity index (χ3v) is 4.77. The van der Waals surface area contributed by atoms with Crippen LogP contribution in [0.3, 0.4) is 0 Å². The maximum Gasteiger partial charge on any atom is 0.153 e. The zero-order valence-corrected chi connectivity index (χ0v) is 10.9. The van der Waals surface area contributed by atoms with E-state index in [0.717, 1.165) is 31.4 Å². The summed E-state index contributed by atoms with van der Waals surface area (Å²) in [5.41, 5.74) is 6.81. The second-order valence-electron chi connectivity index (χ2n) is 4.56. The van der Waals surface area contributed by atoms with E-state index in [1.54, 1.807) is 0 Å². The van der Waals surface area contributed by atoms with E-state index >= 15 is 0 Å². The largest absolute Gasteiger partial charge is 0.320 e. The molecule has 90 valence electrons. The summed E-state index contributed by atoms with van der Waals surface area (Å²) >= 11 is 1.39. The number of hydrogen-bond acceptors (Lipinski definition) is 5. The Morgan fingerprint density at radius 2 is 2.12 bits per heavy atom. The fraction of sp³-hybridized carbons (Fsp3) is 0.700. The summed E-state index contributed by atoms with van der Waals surface area (Å²) in [6.07, 6.45) is 5.40. The van der Waals surface area contributed by atoms with Crippen molar-refractivity contribution in [2.45, 2.75) is 37.0 Å². The maximum atomic E-state index is 11.1. The number of rotatable bonds is 3. The number of nitrogens with two attached hydrogens (primary N) is 1. The van der Waals surface area contributed by atoms with Crippen molar-refractivity contribution >= 4 is 21.2 Å². The molecule has 6 heteroatoms. The number of aromatic nitrogens is 1. The number of thiazole rings is 1. The zero-order valence-electron chi connectivity index (χ0n) is 9.27. The van der Waals surface area contributed by atoms with E-state index in [9.17, 15) is 8.42 Å². The van der Waals surface area contributed by atoms with Crippen LogP contribution in [0.5, 0.6) is 0 Å². The molecule has 0 unspecified atom stereocenters. The fourth-order valence-electron chi connectivity index (χ4n) is 2.09. The Balaban J connectivity index is 2.19. The smallest absolute Gasteiger partial charge is 0.153 e. The van der Waals surface area contributed by atoms with Gasteiger partial charge in [0, 0.05) is 11.6 Å². The Kier molecular flexibility index (Phi) is 3.07. The van der Waals surface area contributed by atoms with Gasteiger partial charge in [-0.2, -0.15) is 0 Å². The molecule has 2 rings (SSSR count). The Morgan fingerprint density at radius 3 is 2.69 bits per heavy atom. The molecule has 0 aliphatic heterocycles. The predicted octanol–water partition coefficient (Wildman–Crippen LogP) is 1.42. The quantitative estimate of drug-likeness (QED) is 0.892. The Morgan fingerprint density at radius 1 is 1.50 bits per heavy atom. The summed E-state index contributed by atoms with van der Waals surface area (Å²) in [6.45, 7) is 0. The van der Waals surface area contributed by atoms with Crippen LogP contribution in [0.4, 0.5) is 0 Å². The average molecular weight is 260 g/mol. The minimum absolute atomic E-state index is 0.0216. The van der Waals surface area contributed by atoms with E-state index in [2.05, 4.69) is 4.98 Å². The van der Waals surface area contributed by atoms with Gasteiger partial charge in [0.25, 0.3) is 0 Å². The van der Waals surface area contributed by atoms with Crippen LogP contribution in [0.1, 0.15) is 36.4 Å². The molecule has 0 bridgehead atoms. The van der Waals surface area contributed by atoms with E-state index in [-0.39, 0.29) is 11.3 Å². The molecule has 4 nitrogen and oxygen atoms in total. The summed E-state index contributed by atoms with van der Waals surface area (Å²) < 4.78 is 22.3. The molecule has 0 aromatic carbocycles. The van der Waals surface area contributed by atoms with Crippen LogP contribution in [0, 0.1) is 0 Å². The molecule has 0 atom stereocenters. The molecule has 2 N–H and O–H groups in total. The SMILES string of the molecule is CS(=O)(=O)Cc1nc(C2(N)CCCC2)cs1. The lowest BCUT2D eigenvalue weighted by atomic mass is 9.96. The van der Waals surface area contributed by atoms with Gasteiger partial charge in [0.2, 0.25) is 0 Å². The van der Waals surface area contributed by atoms with Crippen molar-refractivity contribution in [3.63, 3.8) is 0 Å². The molecule has 1 aromatic rings. The Hall–Kier alpha value is -0.460. The normalized spacial score (nSPS) is 20.1. The summed E-state index contributed by atoms with van der Waals surface area (Å²) in [5, 5.41) is 2.56. The molecule has 1 aliphatic carbocycles. The minimum atomic E-state index is -3.00. The predicted molar refractivity (Wildman–Crippen MR) is 65.0 cm³/mol. The van der Waals surface area contributed by atoms with Gasteiger partial charge in [0.05, 0.1) is 11.2 Å². The van der Waals surface area contributed by atoms with E-state index in [0.29, 0.717) is 5.01 Å². The molecule has 1 aliphatic rings. The van der Waals surface area contributed by atoms with E-state index in [4.69, 9.17) is 5.73 Å². The van der Waals surface area contributed by atoms with Gasteiger partial charge in [-0.15, -0.1) is 11.3 Å². The van der Waals surface area contributed by atoms with Crippen molar-refractivity contribution in [3.05, 3.63) is 16.1 Å². The van der Waals surface area contributed by atoms with Gasteiger partial charge < -0.3 is 5.73 Å². The van der Waals surface area contributed by atoms with Crippen LogP contribution < -0.4 is 5.73 Å². The first-order valence-corrected chi connectivity index (χ1v) is 8.25. The summed E-state index contributed by atoms with van der Waals surface area (Å²) in [4.78, 5) is 4.36. The minimum Gasteiger partial charge on any atom is -0.320 e. The molecule has 1 heterocycles. The second kappa shape index (κ2) is 4.09. The molecule has 0 radical (unpaired) electrons. The van der Waals surface area contributed by atoms with Crippen LogP contribution in [0.25, 0.3) is 0 Å². The van der Waals surface area contributed by atoms with Gasteiger partial charge in [-0.05, 0) is 12.8 Å². The highest BCUT2D eigenvalue weighted by Gasteiger charge is 2.33. The van der Waals surface area contributed by atoms with Gasteiger partial charge in [0.15, 0.2) is 9.84 Å². The lowest BCUT2D eigenvalue weighted by Gasteiger charge is -2.20. The number of nitrogens with zero attached hydrogens (tertiary/aromatic N) is 1. The van der Waals surface area contributed by atoms with Crippen molar-refractivity contribution in [3.8, 4) is 0 Å². The lowest BCUT2D eigenvalue weighted by Crippen LogP contribution is -2.33. The maximum absolute atomic E-state index is 11.1. The lowest BCUT2D eigenvalue weighted by molar-refractivity contribution is 0.449. The zero-order chi connectivity index (χ0) is 11.8. The van der Waals surface area contributed by atoms with Gasteiger partial charge in [-0.3, -0.25) is 0 Å². The van der Waals surface area contributed by atoms with Crippen molar-refractivity contribution in [1.82, 2.24) is 4.98 Å². The second-order valence-corrected chi connectivity index (χ2v) is 7.64. The first-order valence-electron chi connectivity index (χ1n) is 5.31. The van der Waals surface area contributed by atoms with Crippen molar-refractivity contribution < 1.29 is 8.42 Å². The molecule has 0 amide bonds. The number of sulfone groups is 1. The summed E-state index contributed by atoms with van der Waals surface area (Å²) in [5.74, 6) is 0.0216. The van der Waals surface area contributed by atoms with Crippen molar-refractivity contribution in [2.24, 2.45) is 5.73 Å². The van der Waals surface area contributed by atoms with Gasteiger partial charge in [0.1, 0.15) is 10.8 Å². The first kappa shape index (κ1) is 12.0. The monoisotopic (exact) mass is 260 g/mol. The highest BCUT2D eigenvalue weighted by atomic mass is 32.2. The standard InChI is InChI=1S/C10H16N2O2S2/c1-16(13,14)7-9-12-8(6-15-9)10(11)4-2-3-5-10/h6H,2-5,7,11H2,1H3. The van der Waals surface area contributed by atoms with Crippen molar-refractivity contribution in [1.29, 1.82) is 0 Å².